The third-order valence-corrected chi connectivity index (χ3v) is 5.35. The van der Waals surface area contributed by atoms with E-state index in [0.29, 0.717) is 17.4 Å². The molecule has 2 heteroatoms. The average Bonchev–Trinajstić information content (AvgIpc) is 2.69. The molecular formula is C25H26F2. The maximum atomic E-state index is 13.2. The molecule has 0 nitrogen and oxygen atoms in total. The van der Waals surface area contributed by atoms with E-state index in [2.05, 4.69) is 49.1 Å². The van der Waals surface area contributed by atoms with Gasteiger partial charge in [-0.05, 0) is 79.3 Å². The molecule has 140 valence electrons. The van der Waals surface area contributed by atoms with Crippen molar-refractivity contribution in [2.24, 2.45) is 5.92 Å². The Labute approximate surface area is 161 Å². The van der Waals surface area contributed by atoms with Crippen molar-refractivity contribution in [2.75, 3.05) is 0 Å². The molecule has 0 radical (unpaired) electrons. The highest BCUT2D eigenvalue weighted by Gasteiger charge is 2.20. The molecule has 0 heterocycles. The number of allylic oxidation sites excluding steroid dienone is 2. The van der Waals surface area contributed by atoms with Gasteiger partial charge < -0.3 is 0 Å². The molecule has 1 fully saturated rings. The summed E-state index contributed by atoms with van der Waals surface area (Å²) in [5, 5.41) is 0. The largest absolute Gasteiger partial charge is 0.204 e. The Kier molecular flexibility index (Phi) is 6.82. The fourth-order valence-corrected chi connectivity index (χ4v) is 3.77. The van der Waals surface area contributed by atoms with E-state index in [0.717, 1.165) is 18.6 Å². The van der Waals surface area contributed by atoms with E-state index in [1.165, 1.54) is 49.3 Å². The zero-order valence-corrected chi connectivity index (χ0v) is 15.8. The van der Waals surface area contributed by atoms with Crippen molar-refractivity contribution in [1.82, 2.24) is 0 Å². The van der Waals surface area contributed by atoms with Gasteiger partial charge in [-0.2, -0.15) is 0 Å². The van der Waals surface area contributed by atoms with E-state index >= 15 is 0 Å². The number of halogens is 2. The lowest BCUT2D eigenvalue weighted by Gasteiger charge is -2.27. The fourth-order valence-electron chi connectivity index (χ4n) is 3.77. The molecule has 1 aliphatic rings. The van der Waals surface area contributed by atoms with Crippen LogP contribution in [-0.2, 0) is 6.42 Å². The molecular weight excluding hydrogens is 338 g/mol. The van der Waals surface area contributed by atoms with Crippen molar-refractivity contribution in [3.05, 3.63) is 82.9 Å². The molecule has 0 amide bonds. The minimum Gasteiger partial charge on any atom is -0.204 e. The molecule has 0 spiro atoms. The second-order valence-corrected chi connectivity index (χ2v) is 7.36. The Hall–Kier alpha value is -2.40. The van der Waals surface area contributed by atoms with E-state index < -0.39 is 11.6 Å². The van der Waals surface area contributed by atoms with Crippen molar-refractivity contribution in [1.29, 1.82) is 0 Å². The second kappa shape index (κ2) is 9.51. The third-order valence-electron chi connectivity index (χ3n) is 5.35. The van der Waals surface area contributed by atoms with Crippen LogP contribution in [0.15, 0.2) is 54.6 Å². The lowest BCUT2D eigenvalue weighted by atomic mass is 9.78. The summed E-state index contributed by atoms with van der Waals surface area (Å²) in [6.45, 7) is 2.21. The lowest BCUT2D eigenvalue weighted by Crippen LogP contribution is -2.11. The molecule has 1 aliphatic carbocycles. The maximum Gasteiger partial charge on any atom is 0.160 e. The Balaban J connectivity index is 1.50. The molecule has 2 aromatic rings. The standard InChI is InChI=1S/C25H26F2/c1-2-5-19-8-13-22(14-9-19)23-15-10-20(11-16-23)6-3-4-7-21-12-17-24(26)25(27)18-21/h3,6,8-9,12-14,17-18,20,23H,2,5,10-11,15-16H2,1H3/t20-,23-. The summed E-state index contributed by atoms with van der Waals surface area (Å²) in [5.74, 6) is 5.32. The molecule has 0 aliphatic heterocycles. The predicted octanol–water partition coefficient (Wildman–Crippen LogP) is 6.80. The molecule has 3 rings (SSSR count). The summed E-state index contributed by atoms with van der Waals surface area (Å²) < 4.78 is 26.1. The highest BCUT2D eigenvalue weighted by atomic mass is 19.2. The van der Waals surface area contributed by atoms with Crippen LogP contribution in [0.3, 0.4) is 0 Å². The second-order valence-electron chi connectivity index (χ2n) is 7.36. The van der Waals surface area contributed by atoms with E-state index in [1.807, 2.05) is 6.08 Å². The third kappa shape index (κ3) is 5.54. The number of benzene rings is 2. The highest BCUT2D eigenvalue weighted by molar-refractivity contribution is 5.37. The van der Waals surface area contributed by atoms with Crippen LogP contribution in [0.4, 0.5) is 8.78 Å². The van der Waals surface area contributed by atoms with Gasteiger partial charge >= 0.3 is 0 Å². The van der Waals surface area contributed by atoms with Gasteiger partial charge in [0.1, 0.15) is 0 Å². The van der Waals surface area contributed by atoms with Crippen LogP contribution in [0, 0.1) is 29.4 Å². The summed E-state index contributed by atoms with van der Waals surface area (Å²) in [6.07, 6.45) is 11.1. The quantitative estimate of drug-likeness (QED) is 0.523. The van der Waals surface area contributed by atoms with Gasteiger partial charge in [0.05, 0.1) is 0 Å². The van der Waals surface area contributed by atoms with Crippen LogP contribution in [-0.4, -0.2) is 0 Å². The first-order chi connectivity index (χ1) is 13.2. The Morgan fingerprint density at radius 2 is 1.70 bits per heavy atom. The van der Waals surface area contributed by atoms with Gasteiger partial charge in [0.2, 0.25) is 0 Å². The monoisotopic (exact) mass is 364 g/mol. The number of rotatable bonds is 4. The first-order valence-corrected chi connectivity index (χ1v) is 9.88. The van der Waals surface area contributed by atoms with E-state index in [4.69, 9.17) is 0 Å². The summed E-state index contributed by atoms with van der Waals surface area (Å²) in [7, 11) is 0. The number of hydrogen-bond acceptors (Lipinski definition) is 0. The van der Waals surface area contributed by atoms with Crippen LogP contribution in [0.25, 0.3) is 0 Å². The molecule has 27 heavy (non-hydrogen) atoms. The Morgan fingerprint density at radius 3 is 2.37 bits per heavy atom. The van der Waals surface area contributed by atoms with Crippen molar-refractivity contribution in [3.63, 3.8) is 0 Å². The smallest absolute Gasteiger partial charge is 0.160 e. The normalized spacial score (nSPS) is 19.7. The van der Waals surface area contributed by atoms with Gasteiger partial charge in [-0.15, -0.1) is 0 Å². The molecule has 0 N–H and O–H groups in total. The predicted molar refractivity (Wildman–Crippen MR) is 108 cm³/mol. The van der Waals surface area contributed by atoms with Gasteiger partial charge in [-0.3, -0.25) is 0 Å². The first kappa shape index (κ1) is 19.4. The maximum absolute atomic E-state index is 13.2. The van der Waals surface area contributed by atoms with Crippen LogP contribution in [0.1, 0.15) is 61.6 Å². The van der Waals surface area contributed by atoms with Crippen molar-refractivity contribution in [2.45, 2.75) is 51.4 Å². The van der Waals surface area contributed by atoms with Gasteiger partial charge in [0, 0.05) is 5.56 Å². The summed E-state index contributed by atoms with van der Waals surface area (Å²) in [5.41, 5.74) is 3.39. The zero-order valence-electron chi connectivity index (χ0n) is 15.8. The number of hydrogen-bond donors (Lipinski definition) is 0. The van der Waals surface area contributed by atoms with E-state index in [-0.39, 0.29) is 0 Å². The molecule has 0 atom stereocenters. The SMILES string of the molecule is CCCc1ccc([C@H]2CC[C@H](C=CC#Cc3ccc(F)c(F)c3)CC2)cc1. The zero-order chi connectivity index (χ0) is 19.1. The highest BCUT2D eigenvalue weighted by Crippen LogP contribution is 2.36. The molecule has 1 saturated carbocycles. The summed E-state index contributed by atoms with van der Waals surface area (Å²) in [4.78, 5) is 0. The van der Waals surface area contributed by atoms with Gasteiger partial charge in [-0.25, -0.2) is 8.78 Å². The van der Waals surface area contributed by atoms with E-state index in [1.54, 1.807) is 0 Å². The summed E-state index contributed by atoms with van der Waals surface area (Å²) in [6, 6.07) is 12.9. The topological polar surface area (TPSA) is 0 Å². The van der Waals surface area contributed by atoms with Gasteiger partial charge in [0.15, 0.2) is 11.6 Å². The minimum absolute atomic E-state index is 0.494. The van der Waals surface area contributed by atoms with Crippen LogP contribution in [0.2, 0.25) is 0 Å². The fraction of sp³-hybridized carbons (Fsp3) is 0.360. The first-order valence-electron chi connectivity index (χ1n) is 9.88. The molecule has 0 saturated heterocycles. The molecule has 2 aromatic carbocycles. The number of aryl methyl sites for hydroxylation is 1. The van der Waals surface area contributed by atoms with Crippen molar-refractivity contribution >= 4 is 0 Å². The average molecular weight is 364 g/mol. The van der Waals surface area contributed by atoms with Gasteiger partial charge in [-0.1, -0.05) is 55.5 Å². The van der Waals surface area contributed by atoms with Crippen molar-refractivity contribution in [3.8, 4) is 11.8 Å². The Morgan fingerprint density at radius 1 is 0.963 bits per heavy atom. The molecule has 0 unspecified atom stereocenters. The molecule has 0 aromatic heterocycles. The lowest BCUT2D eigenvalue weighted by molar-refractivity contribution is 0.376. The van der Waals surface area contributed by atoms with E-state index in [9.17, 15) is 8.78 Å². The minimum atomic E-state index is -0.855. The van der Waals surface area contributed by atoms with Crippen LogP contribution < -0.4 is 0 Å². The molecule has 0 bridgehead atoms. The van der Waals surface area contributed by atoms with Crippen molar-refractivity contribution < 1.29 is 8.78 Å². The van der Waals surface area contributed by atoms with Crippen LogP contribution >= 0.6 is 0 Å². The van der Waals surface area contributed by atoms with Gasteiger partial charge in [0.25, 0.3) is 0 Å². The Bertz CT molecular complexity index is 829. The van der Waals surface area contributed by atoms with Crippen LogP contribution in [0.5, 0.6) is 0 Å². The summed E-state index contributed by atoms with van der Waals surface area (Å²) >= 11 is 0.